The first-order valence-corrected chi connectivity index (χ1v) is 11.9. The second-order valence-corrected chi connectivity index (χ2v) is 9.05. The van der Waals surface area contributed by atoms with Gasteiger partial charge in [0.1, 0.15) is 4.83 Å². The Labute approximate surface area is 199 Å². The molecule has 0 unspecified atom stereocenters. The summed E-state index contributed by atoms with van der Waals surface area (Å²) >= 11 is 2.70. The molecule has 0 N–H and O–H groups in total. The van der Waals surface area contributed by atoms with Gasteiger partial charge in [-0.05, 0) is 29.8 Å². The Morgan fingerprint density at radius 1 is 1.12 bits per heavy atom. The van der Waals surface area contributed by atoms with Crippen LogP contribution in [-0.2, 0) is 6.54 Å². The average molecular weight is 479 g/mol. The van der Waals surface area contributed by atoms with Crippen molar-refractivity contribution in [3.05, 3.63) is 83.2 Å². The van der Waals surface area contributed by atoms with Gasteiger partial charge in [-0.3, -0.25) is 14.2 Å². The smallest absolute Gasteiger partial charge is 0.263 e. The van der Waals surface area contributed by atoms with Crippen molar-refractivity contribution in [2.24, 2.45) is 0 Å². The van der Waals surface area contributed by atoms with E-state index in [1.807, 2.05) is 36.4 Å². The van der Waals surface area contributed by atoms with E-state index in [1.54, 1.807) is 36.0 Å². The highest BCUT2D eigenvalue weighted by atomic mass is 32.2. The highest BCUT2D eigenvalue weighted by Crippen LogP contribution is 2.32. The van der Waals surface area contributed by atoms with Crippen LogP contribution in [0.25, 0.3) is 20.7 Å². The van der Waals surface area contributed by atoms with Crippen molar-refractivity contribution in [1.82, 2.24) is 9.55 Å². The monoisotopic (exact) mass is 478 g/mol. The molecular weight excluding hydrogens is 456 g/mol. The minimum atomic E-state index is -0.139. The normalized spacial score (nSPS) is 10.8. The van der Waals surface area contributed by atoms with Crippen molar-refractivity contribution in [3.8, 4) is 21.9 Å². The molecule has 0 saturated heterocycles. The molecule has 0 aliphatic heterocycles. The van der Waals surface area contributed by atoms with E-state index in [0.29, 0.717) is 39.0 Å². The third kappa shape index (κ3) is 4.72. The maximum Gasteiger partial charge on any atom is 0.263 e. The largest absolute Gasteiger partial charge is 0.493 e. The highest BCUT2D eigenvalue weighted by molar-refractivity contribution is 7.99. The molecule has 2 heterocycles. The van der Waals surface area contributed by atoms with E-state index in [1.165, 1.54) is 30.2 Å². The van der Waals surface area contributed by atoms with Crippen molar-refractivity contribution in [2.45, 2.75) is 11.7 Å². The van der Waals surface area contributed by atoms with Gasteiger partial charge in [-0.2, -0.15) is 0 Å². The van der Waals surface area contributed by atoms with Gasteiger partial charge in [0, 0.05) is 17.0 Å². The van der Waals surface area contributed by atoms with Crippen LogP contribution in [0, 0.1) is 0 Å². The fourth-order valence-corrected chi connectivity index (χ4v) is 5.35. The van der Waals surface area contributed by atoms with Crippen LogP contribution in [-0.4, -0.2) is 35.3 Å². The van der Waals surface area contributed by atoms with Crippen molar-refractivity contribution < 1.29 is 14.3 Å². The highest BCUT2D eigenvalue weighted by Gasteiger charge is 2.17. The number of thiophene rings is 1. The molecule has 0 aliphatic rings. The molecule has 0 atom stereocenters. The van der Waals surface area contributed by atoms with Crippen molar-refractivity contribution in [3.63, 3.8) is 0 Å². The van der Waals surface area contributed by atoms with Crippen LogP contribution >= 0.6 is 23.1 Å². The Balaban J connectivity index is 1.65. The number of carbonyl (C=O) groups is 1. The maximum absolute atomic E-state index is 13.2. The Bertz CT molecular complexity index is 1380. The third-order valence-electron chi connectivity index (χ3n) is 5.02. The lowest BCUT2D eigenvalue weighted by atomic mass is 10.1. The molecule has 0 bridgehead atoms. The predicted molar refractivity (Wildman–Crippen MR) is 134 cm³/mol. The van der Waals surface area contributed by atoms with Gasteiger partial charge >= 0.3 is 0 Å². The van der Waals surface area contributed by atoms with E-state index in [2.05, 4.69) is 6.58 Å². The molecule has 6 nitrogen and oxygen atoms in total. The minimum absolute atomic E-state index is 0.100. The number of benzene rings is 2. The lowest BCUT2D eigenvalue weighted by molar-refractivity contribution is 0.102. The Morgan fingerprint density at radius 3 is 2.58 bits per heavy atom. The lowest BCUT2D eigenvalue weighted by Gasteiger charge is -2.11. The molecule has 4 aromatic rings. The fourth-order valence-electron chi connectivity index (χ4n) is 3.37. The van der Waals surface area contributed by atoms with Gasteiger partial charge in [-0.15, -0.1) is 17.9 Å². The van der Waals surface area contributed by atoms with Crippen LogP contribution in [0.3, 0.4) is 0 Å². The van der Waals surface area contributed by atoms with E-state index in [4.69, 9.17) is 14.5 Å². The first kappa shape index (κ1) is 22.8. The van der Waals surface area contributed by atoms with Gasteiger partial charge in [0.25, 0.3) is 5.56 Å². The van der Waals surface area contributed by atoms with Crippen LogP contribution in [0.4, 0.5) is 0 Å². The number of thioether (sulfide) groups is 1. The lowest BCUT2D eigenvalue weighted by Crippen LogP contribution is -2.22. The second kappa shape index (κ2) is 10.1. The number of hydrogen-bond acceptors (Lipinski definition) is 7. The number of ketones is 1. The van der Waals surface area contributed by atoms with Gasteiger partial charge < -0.3 is 9.47 Å². The summed E-state index contributed by atoms with van der Waals surface area (Å²) in [6.07, 6.45) is 1.65. The van der Waals surface area contributed by atoms with Gasteiger partial charge in [0.05, 0.1) is 25.4 Å². The molecule has 168 valence electrons. The van der Waals surface area contributed by atoms with Crippen LogP contribution < -0.4 is 15.0 Å². The Morgan fingerprint density at radius 2 is 1.88 bits per heavy atom. The molecule has 0 saturated carbocycles. The van der Waals surface area contributed by atoms with E-state index in [0.717, 1.165) is 10.4 Å². The predicted octanol–water partition coefficient (Wildman–Crippen LogP) is 5.30. The van der Waals surface area contributed by atoms with Crippen LogP contribution in [0.5, 0.6) is 11.5 Å². The molecule has 0 aliphatic carbocycles. The molecule has 0 radical (unpaired) electrons. The van der Waals surface area contributed by atoms with Crippen LogP contribution in [0.15, 0.2) is 77.2 Å². The summed E-state index contributed by atoms with van der Waals surface area (Å²) in [6, 6.07) is 16.8. The number of carbonyl (C=O) groups excluding carboxylic acids is 1. The zero-order valence-corrected chi connectivity index (χ0v) is 19.9. The summed E-state index contributed by atoms with van der Waals surface area (Å²) in [6.45, 7) is 4.07. The van der Waals surface area contributed by atoms with E-state index < -0.39 is 0 Å². The number of aromatic nitrogens is 2. The number of rotatable bonds is 9. The van der Waals surface area contributed by atoms with Gasteiger partial charge in [-0.25, -0.2) is 4.98 Å². The first-order chi connectivity index (χ1) is 16.0. The average Bonchev–Trinajstić information content (AvgIpc) is 3.29. The van der Waals surface area contributed by atoms with Gasteiger partial charge in [0.15, 0.2) is 22.4 Å². The number of methoxy groups -OCH3 is 2. The summed E-state index contributed by atoms with van der Waals surface area (Å²) in [4.78, 5) is 32.4. The topological polar surface area (TPSA) is 70.4 Å². The summed E-state index contributed by atoms with van der Waals surface area (Å²) in [5.41, 5.74) is 1.40. The third-order valence-corrected chi connectivity index (χ3v) is 7.08. The number of allylic oxidation sites excluding steroid dienone is 1. The van der Waals surface area contributed by atoms with Gasteiger partial charge in [-0.1, -0.05) is 48.2 Å². The number of Topliss-reactive ketones (excluding diaryl/α,β-unsaturated/α-hetero) is 1. The first-order valence-electron chi connectivity index (χ1n) is 10.1. The molecule has 2 aromatic carbocycles. The number of ether oxygens (including phenoxy) is 2. The molecule has 8 heteroatoms. The zero-order valence-electron chi connectivity index (χ0n) is 18.2. The Kier molecular flexibility index (Phi) is 6.96. The molecule has 0 fully saturated rings. The molecule has 4 rings (SSSR count). The summed E-state index contributed by atoms with van der Waals surface area (Å²) in [5.74, 6) is 1.07. The second-order valence-electron chi connectivity index (χ2n) is 7.08. The van der Waals surface area contributed by atoms with Crippen molar-refractivity contribution >= 4 is 39.1 Å². The summed E-state index contributed by atoms with van der Waals surface area (Å²) in [7, 11) is 3.07. The van der Waals surface area contributed by atoms with Crippen molar-refractivity contribution in [2.75, 3.05) is 20.0 Å². The van der Waals surface area contributed by atoms with Crippen molar-refractivity contribution in [1.29, 1.82) is 0 Å². The molecular formula is C25H22N2O4S2. The van der Waals surface area contributed by atoms with E-state index in [-0.39, 0.29) is 17.1 Å². The standard InChI is InChI=1S/C25H22N2O4S2/c1-4-12-27-24(29)18-14-22(16-8-6-5-7-9-16)33-23(18)26-25(27)32-15-19(28)17-10-11-20(30-2)21(13-17)31-3/h4-11,13-14H,1,12,15H2,2-3H3. The Hall–Kier alpha value is -3.36. The number of hydrogen-bond donors (Lipinski definition) is 0. The quantitative estimate of drug-likeness (QED) is 0.141. The molecule has 2 aromatic heterocycles. The maximum atomic E-state index is 13.2. The number of fused-ring (bicyclic) bond motifs is 1. The minimum Gasteiger partial charge on any atom is -0.493 e. The SMILES string of the molecule is C=CCn1c(SCC(=O)c2ccc(OC)c(OC)c2)nc2sc(-c3ccccc3)cc2c1=O. The number of nitrogens with zero attached hydrogens (tertiary/aromatic N) is 2. The summed E-state index contributed by atoms with van der Waals surface area (Å²) in [5, 5.41) is 1.05. The zero-order chi connectivity index (χ0) is 23.4. The molecule has 33 heavy (non-hydrogen) atoms. The molecule has 0 spiro atoms. The van der Waals surface area contributed by atoms with Crippen LogP contribution in [0.2, 0.25) is 0 Å². The van der Waals surface area contributed by atoms with E-state index >= 15 is 0 Å². The van der Waals surface area contributed by atoms with Crippen LogP contribution in [0.1, 0.15) is 10.4 Å². The summed E-state index contributed by atoms with van der Waals surface area (Å²) < 4.78 is 12.1. The molecule has 0 amide bonds. The fraction of sp³-hybridized carbons (Fsp3) is 0.160. The van der Waals surface area contributed by atoms with Gasteiger partial charge in [0.2, 0.25) is 0 Å². The van der Waals surface area contributed by atoms with E-state index in [9.17, 15) is 9.59 Å².